The van der Waals surface area contributed by atoms with Gasteiger partial charge in [-0.1, -0.05) is 25.5 Å². The van der Waals surface area contributed by atoms with Gasteiger partial charge in [-0.15, -0.1) is 0 Å². The highest BCUT2D eigenvalue weighted by Gasteiger charge is 2.02. The normalized spacial score (nSPS) is 13.0. The molecular weight excluding hydrogens is 170 g/mol. The van der Waals surface area contributed by atoms with E-state index in [1.807, 2.05) is 0 Å². The van der Waals surface area contributed by atoms with Crippen LogP contribution in [0.1, 0.15) is 47.0 Å². The zero-order chi connectivity index (χ0) is 11.0. The molecule has 1 nitrogen and oxygen atoms in total. The van der Waals surface area contributed by atoms with E-state index in [1.165, 1.54) is 37.9 Å². The molecule has 1 heteroatoms. The minimum absolute atomic E-state index is 0.861. The van der Waals surface area contributed by atoms with E-state index in [9.17, 15) is 0 Å². The summed E-state index contributed by atoms with van der Waals surface area (Å²) in [5.74, 6) is 0.861. The lowest BCUT2D eigenvalue weighted by molar-refractivity contribution is 0.314. The lowest BCUT2D eigenvalue weighted by Crippen LogP contribution is -2.20. The summed E-state index contributed by atoms with van der Waals surface area (Å²) in [4.78, 5) is 2.39. The quantitative estimate of drug-likeness (QED) is 0.562. The van der Waals surface area contributed by atoms with Crippen molar-refractivity contribution < 1.29 is 0 Å². The van der Waals surface area contributed by atoms with Crippen LogP contribution in [0.15, 0.2) is 11.6 Å². The smallest absolute Gasteiger partial charge is 0.00194 e. The Hall–Kier alpha value is -0.300. The molecular formula is C13H27N. The maximum atomic E-state index is 2.39. The van der Waals surface area contributed by atoms with Crippen LogP contribution < -0.4 is 0 Å². The van der Waals surface area contributed by atoms with Gasteiger partial charge >= 0.3 is 0 Å². The van der Waals surface area contributed by atoms with Crippen LogP contribution >= 0.6 is 0 Å². The first-order valence-corrected chi connectivity index (χ1v) is 5.88. The highest BCUT2D eigenvalue weighted by atomic mass is 15.1. The Morgan fingerprint density at radius 1 is 1.29 bits per heavy atom. The second-order valence-corrected chi connectivity index (χ2v) is 4.65. The number of allylic oxidation sites excluding steroid dienone is 2. The topological polar surface area (TPSA) is 3.24 Å². The fourth-order valence-corrected chi connectivity index (χ4v) is 1.40. The van der Waals surface area contributed by atoms with Gasteiger partial charge in [0.2, 0.25) is 0 Å². The van der Waals surface area contributed by atoms with Crippen molar-refractivity contribution in [3.63, 3.8) is 0 Å². The molecule has 14 heavy (non-hydrogen) atoms. The molecule has 0 saturated carbocycles. The molecule has 0 heterocycles. The molecule has 0 aromatic heterocycles. The van der Waals surface area contributed by atoms with E-state index >= 15 is 0 Å². The summed E-state index contributed by atoms with van der Waals surface area (Å²) in [6.07, 6.45) is 6.27. The van der Waals surface area contributed by atoms with Crippen LogP contribution in [-0.4, -0.2) is 25.0 Å². The van der Waals surface area contributed by atoms with E-state index in [0.29, 0.717) is 0 Å². The van der Waals surface area contributed by atoms with Gasteiger partial charge in [0.15, 0.2) is 0 Å². The standard InChI is InChI=1S/C13H27N/c1-6-14(5)11-10-13(4)9-7-8-12(2)3/h8,13H,6-7,9-11H2,1-5H3. The van der Waals surface area contributed by atoms with E-state index in [0.717, 1.165) is 5.92 Å². The van der Waals surface area contributed by atoms with Crippen molar-refractivity contribution >= 4 is 0 Å². The SMILES string of the molecule is CCN(C)CCC(C)CCC=C(C)C. The third-order valence-electron chi connectivity index (χ3n) is 2.76. The molecule has 0 saturated heterocycles. The maximum Gasteiger partial charge on any atom is -0.00194 e. The fourth-order valence-electron chi connectivity index (χ4n) is 1.40. The Kier molecular flexibility index (Phi) is 7.87. The summed E-state index contributed by atoms with van der Waals surface area (Å²) >= 11 is 0. The largest absolute Gasteiger partial charge is 0.307 e. The third-order valence-corrected chi connectivity index (χ3v) is 2.76. The molecule has 1 unspecified atom stereocenters. The molecule has 0 spiro atoms. The first-order valence-electron chi connectivity index (χ1n) is 5.88. The van der Waals surface area contributed by atoms with Gasteiger partial charge < -0.3 is 4.90 Å². The summed E-state index contributed by atoms with van der Waals surface area (Å²) < 4.78 is 0. The summed E-state index contributed by atoms with van der Waals surface area (Å²) in [5, 5.41) is 0. The van der Waals surface area contributed by atoms with Gasteiger partial charge in [-0.05, 0) is 59.2 Å². The van der Waals surface area contributed by atoms with Crippen molar-refractivity contribution in [2.24, 2.45) is 5.92 Å². The van der Waals surface area contributed by atoms with E-state index in [4.69, 9.17) is 0 Å². The monoisotopic (exact) mass is 197 g/mol. The highest BCUT2D eigenvalue weighted by Crippen LogP contribution is 2.11. The van der Waals surface area contributed by atoms with Gasteiger partial charge in [0, 0.05) is 0 Å². The first-order chi connectivity index (χ1) is 6.56. The molecule has 1 atom stereocenters. The Bertz CT molecular complexity index is 157. The van der Waals surface area contributed by atoms with Crippen LogP contribution in [0.25, 0.3) is 0 Å². The van der Waals surface area contributed by atoms with Gasteiger partial charge in [-0.3, -0.25) is 0 Å². The van der Waals surface area contributed by atoms with E-state index in [-0.39, 0.29) is 0 Å². The summed E-state index contributed by atoms with van der Waals surface area (Å²) in [6, 6.07) is 0. The molecule has 0 aliphatic rings. The molecule has 0 rings (SSSR count). The van der Waals surface area contributed by atoms with Crippen molar-refractivity contribution in [1.82, 2.24) is 4.90 Å². The summed E-state index contributed by atoms with van der Waals surface area (Å²) in [7, 11) is 2.20. The summed E-state index contributed by atoms with van der Waals surface area (Å²) in [5.41, 5.74) is 1.45. The van der Waals surface area contributed by atoms with Crippen LogP contribution in [0.4, 0.5) is 0 Å². The van der Waals surface area contributed by atoms with Gasteiger partial charge in [-0.2, -0.15) is 0 Å². The Morgan fingerprint density at radius 2 is 1.93 bits per heavy atom. The molecule has 0 bridgehead atoms. The van der Waals surface area contributed by atoms with Gasteiger partial charge in [0.1, 0.15) is 0 Å². The van der Waals surface area contributed by atoms with Crippen molar-refractivity contribution in [2.45, 2.75) is 47.0 Å². The first kappa shape index (κ1) is 13.7. The van der Waals surface area contributed by atoms with Gasteiger partial charge in [-0.25, -0.2) is 0 Å². The van der Waals surface area contributed by atoms with Gasteiger partial charge in [0.05, 0.1) is 0 Å². The fraction of sp³-hybridized carbons (Fsp3) is 0.846. The number of nitrogens with zero attached hydrogens (tertiary/aromatic N) is 1. The average molecular weight is 197 g/mol. The van der Waals surface area contributed by atoms with Crippen LogP contribution in [0.5, 0.6) is 0 Å². The Balaban J connectivity index is 3.46. The minimum Gasteiger partial charge on any atom is -0.307 e. The lowest BCUT2D eigenvalue weighted by Gasteiger charge is -2.16. The molecule has 0 aromatic rings. The number of hydrogen-bond donors (Lipinski definition) is 0. The number of rotatable bonds is 7. The predicted molar refractivity (Wildman–Crippen MR) is 65.6 cm³/mol. The van der Waals surface area contributed by atoms with Crippen molar-refractivity contribution in [3.05, 3.63) is 11.6 Å². The van der Waals surface area contributed by atoms with E-state index < -0.39 is 0 Å². The zero-order valence-electron chi connectivity index (χ0n) is 10.6. The predicted octanol–water partition coefficient (Wildman–Crippen LogP) is 3.71. The van der Waals surface area contributed by atoms with Crippen LogP contribution in [0.3, 0.4) is 0 Å². The minimum atomic E-state index is 0.861. The molecule has 0 aliphatic heterocycles. The van der Waals surface area contributed by atoms with Crippen LogP contribution in [0, 0.1) is 5.92 Å². The third kappa shape index (κ3) is 8.31. The van der Waals surface area contributed by atoms with Crippen molar-refractivity contribution in [2.75, 3.05) is 20.1 Å². The zero-order valence-corrected chi connectivity index (χ0v) is 10.6. The highest BCUT2D eigenvalue weighted by molar-refractivity contribution is 4.92. The summed E-state index contributed by atoms with van der Waals surface area (Å²) in [6.45, 7) is 11.3. The van der Waals surface area contributed by atoms with E-state index in [2.05, 4.69) is 45.7 Å². The van der Waals surface area contributed by atoms with Crippen molar-refractivity contribution in [1.29, 1.82) is 0 Å². The molecule has 0 fully saturated rings. The molecule has 84 valence electrons. The molecule has 0 radical (unpaired) electrons. The Labute approximate surface area is 90.2 Å². The second kappa shape index (κ2) is 8.05. The van der Waals surface area contributed by atoms with Crippen molar-refractivity contribution in [3.8, 4) is 0 Å². The van der Waals surface area contributed by atoms with Crippen LogP contribution in [-0.2, 0) is 0 Å². The molecule has 0 N–H and O–H groups in total. The van der Waals surface area contributed by atoms with Crippen LogP contribution in [0.2, 0.25) is 0 Å². The molecule has 0 amide bonds. The molecule has 0 aromatic carbocycles. The Morgan fingerprint density at radius 3 is 2.43 bits per heavy atom. The lowest BCUT2D eigenvalue weighted by atomic mass is 10.0. The average Bonchev–Trinajstić information content (AvgIpc) is 2.13. The second-order valence-electron chi connectivity index (χ2n) is 4.65. The number of hydrogen-bond acceptors (Lipinski definition) is 1. The van der Waals surface area contributed by atoms with Gasteiger partial charge in [0.25, 0.3) is 0 Å². The molecule has 0 aliphatic carbocycles. The maximum absolute atomic E-state index is 2.39. The van der Waals surface area contributed by atoms with E-state index in [1.54, 1.807) is 0 Å².